The molecule has 6 heteroatoms. The number of hydrogen-bond donors (Lipinski definition) is 2. The van der Waals surface area contributed by atoms with Crippen LogP contribution >= 0.6 is 23.2 Å². The van der Waals surface area contributed by atoms with Gasteiger partial charge in [-0.05, 0) is 42.7 Å². The van der Waals surface area contributed by atoms with E-state index < -0.39 is 0 Å². The summed E-state index contributed by atoms with van der Waals surface area (Å²) in [6, 6.07) is 13.2. The molecule has 4 nitrogen and oxygen atoms in total. The SMILES string of the molecule is O=C(CCCOc1ccc(Cl)cc1Cl)NCCc1c[nH]c2ccccc12. The van der Waals surface area contributed by atoms with Crippen LogP contribution in [0.25, 0.3) is 10.9 Å². The average Bonchev–Trinajstić information content (AvgIpc) is 3.03. The Hall–Kier alpha value is -2.17. The van der Waals surface area contributed by atoms with Crippen molar-refractivity contribution < 1.29 is 9.53 Å². The fourth-order valence-corrected chi connectivity index (χ4v) is 3.23. The summed E-state index contributed by atoms with van der Waals surface area (Å²) >= 11 is 11.9. The van der Waals surface area contributed by atoms with Gasteiger partial charge in [-0.3, -0.25) is 4.79 Å². The Bertz CT molecular complexity index is 892. The first-order valence-corrected chi connectivity index (χ1v) is 9.28. The molecular weight excluding hydrogens is 371 g/mol. The topological polar surface area (TPSA) is 54.1 Å². The number of halogens is 2. The zero-order valence-electron chi connectivity index (χ0n) is 14.2. The van der Waals surface area contributed by atoms with E-state index in [1.54, 1.807) is 18.2 Å². The van der Waals surface area contributed by atoms with Crippen molar-refractivity contribution in [2.75, 3.05) is 13.2 Å². The molecule has 3 aromatic rings. The van der Waals surface area contributed by atoms with Crippen LogP contribution in [0.2, 0.25) is 10.0 Å². The predicted molar refractivity (Wildman–Crippen MR) is 106 cm³/mol. The van der Waals surface area contributed by atoms with Gasteiger partial charge < -0.3 is 15.0 Å². The fourth-order valence-electron chi connectivity index (χ4n) is 2.77. The molecule has 1 amide bonds. The predicted octanol–water partition coefficient (Wildman–Crippen LogP) is 4.99. The molecule has 0 saturated carbocycles. The maximum Gasteiger partial charge on any atom is 0.220 e. The Morgan fingerprint density at radius 1 is 1.15 bits per heavy atom. The first-order chi connectivity index (χ1) is 12.6. The number of amides is 1. The van der Waals surface area contributed by atoms with Crippen LogP contribution in [-0.4, -0.2) is 24.0 Å². The number of para-hydroxylation sites is 1. The minimum atomic E-state index is 0.0237. The van der Waals surface area contributed by atoms with Crippen LogP contribution in [0.1, 0.15) is 18.4 Å². The highest BCUT2D eigenvalue weighted by Gasteiger charge is 2.06. The number of carbonyl (C=O) groups excluding carboxylic acids is 1. The zero-order valence-corrected chi connectivity index (χ0v) is 15.7. The fraction of sp³-hybridized carbons (Fsp3) is 0.250. The van der Waals surface area contributed by atoms with Crippen molar-refractivity contribution in [2.45, 2.75) is 19.3 Å². The van der Waals surface area contributed by atoms with Crippen molar-refractivity contribution in [2.24, 2.45) is 0 Å². The minimum Gasteiger partial charge on any atom is -0.492 e. The summed E-state index contributed by atoms with van der Waals surface area (Å²) in [5.41, 5.74) is 2.33. The average molecular weight is 391 g/mol. The molecule has 1 heterocycles. The molecule has 0 spiro atoms. The van der Waals surface area contributed by atoms with Gasteiger partial charge in [0.15, 0.2) is 0 Å². The van der Waals surface area contributed by atoms with Gasteiger partial charge in [0.05, 0.1) is 11.6 Å². The van der Waals surface area contributed by atoms with E-state index in [1.165, 1.54) is 10.9 Å². The summed E-state index contributed by atoms with van der Waals surface area (Å²) < 4.78 is 5.58. The van der Waals surface area contributed by atoms with Crippen LogP contribution in [0.5, 0.6) is 5.75 Å². The normalized spacial score (nSPS) is 10.8. The molecule has 0 aliphatic heterocycles. The van der Waals surface area contributed by atoms with Gasteiger partial charge in [-0.1, -0.05) is 41.4 Å². The Morgan fingerprint density at radius 2 is 2.00 bits per heavy atom. The van der Waals surface area contributed by atoms with E-state index in [-0.39, 0.29) is 5.91 Å². The third-order valence-corrected chi connectivity index (χ3v) is 4.62. The Kier molecular flexibility index (Phi) is 6.42. The van der Waals surface area contributed by atoms with E-state index in [4.69, 9.17) is 27.9 Å². The molecule has 26 heavy (non-hydrogen) atoms. The van der Waals surface area contributed by atoms with E-state index in [0.29, 0.717) is 41.8 Å². The first-order valence-electron chi connectivity index (χ1n) is 8.53. The highest BCUT2D eigenvalue weighted by atomic mass is 35.5. The van der Waals surface area contributed by atoms with Crippen molar-refractivity contribution in [3.8, 4) is 5.75 Å². The molecule has 2 aromatic carbocycles. The highest BCUT2D eigenvalue weighted by molar-refractivity contribution is 6.35. The molecule has 0 aliphatic rings. The molecule has 0 atom stereocenters. The largest absolute Gasteiger partial charge is 0.492 e. The number of nitrogens with one attached hydrogen (secondary N) is 2. The van der Waals surface area contributed by atoms with E-state index in [1.807, 2.05) is 24.4 Å². The standard InChI is InChI=1S/C20H20Cl2N2O2/c21-15-7-8-19(17(22)12-15)26-11-3-6-20(25)23-10-9-14-13-24-18-5-2-1-4-16(14)18/h1-2,4-5,7-8,12-13,24H,3,6,9-11H2,(H,23,25). The number of aromatic nitrogens is 1. The lowest BCUT2D eigenvalue weighted by molar-refractivity contribution is -0.121. The Labute approximate surface area is 162 Å². The summed E-state index contributed by atoms with van der Waals surface area (Å²) in [5.74, 6) is 0.603. The molecule has 0 unspecified atom stereocenters. The van der Waals surface area contributed by atoms with Crippen LogP contribution in [-0.2, 0) is 11.2 Å². The van der Waals surface area contributed by atoms with E-state index >= 15 is 0 Å². The van der Waals surface area contributed by atoms with Gasteiger partial charge in [-0.25, -0.2) is 0 Å². The summed E-state index contributed by atoms with van der Waals surface area (Å²) in [6.45, 7) is 1.04. The third-order valence-electron chi connectivity index (χ3n) is 4.09. The van der Waals surface area contributed by atoms with Gasteiger partial charge in [-0.2, -0.15) is 0 Å². The van der Waals surface area contributed by atoms with Crippen LogP contribution in [0.3, 0.4) is 0 Å². The molecular formula is C20H20Cl2N2O2. The Balaban J connectivity index is 1.35. The quantitative estimate of drug-likeness (QED) is 0.532. The first kappa shape index (κ1) is 18.6. The maximum atomic E-state index is 11.9. The van der Waals surface area contributed by atoms with Crippen LogP contribution in [0.4, 0.5) is 0 Å². The summed E-state index contributed by atoms with van der Waals surface area (Å²) in [7, 11) is 0. The Morgan fingerprint density at radius 3 is 2.85 bits per heavy atom. The lowest BCUT2D eigenvalue weighted by Gasteiger charge is -2.08. The van der Waals surface area contributed by atoms with Crippen LogP contribution in [0, 0.1) is 0 Å². The molecule has 2 N–H and O–H groups in total. The molecule has 0 aliphatic carbocycles. The molecule has 0 fully saturated rings. The number of aromatic amines is 1. The molecule has 3 rings (SSSR count). The molecule has 0 radical (unpaired) electrons. The number of H-pyrrole nitrogens is 1. The van der Waals surface area contributed by atoms with Crippen LogP contribution in [0.15, 0.2) is 48.7 Å². The van der Waals surface area contributed by atoms with Gasteiger partial charge in [0.2, 0.25) is 5.91 Å². The molecule has 136 valence electrons. The van der Waals surface area contributed by atoms with E-state index in [2.05, 4.69) is 16.4 Å². The molecule has 1 aromatic heterocycles. The van der Waals surface area contributed by atoms with Gasteiger partial charge in [0.1, 0.15) is 5.75 Å². The smallest absolute Gasteiger partial charge is 0.220 e. The lowest BCUT2D eigenvalue weighted by atomic mass is 10.1. The van der Waals surface area contributed by atoms with Crippen molar-refractivity contribution in [1.82, 2.24) is 10.3 Å². The number of rotatable bonds is 8. The second kappa shape index (κ2) is 8.97. The number of fused-ring (bicyclic) bond motifs is 1. The number of carbonyl (C=O) groups is 1. The summed E-state index contributed by atoms with van der Waals surface area (Å²) in [6.07, 6.45) is 3.84. The zero-order chi connectivity index (χ0) is 18.4. The summed E-state index contributed by atoms with van der Waals surface area (Å²) in [5, 5.41) is 5.19. The maximum absolute atomic E-state index is 11.9. The number of benzene rings is 2. The van der Waals surface area contributed by atoms with Crippen molar-refractivity contribution in [3.05, 3.63) is 64.3 Å². The van der Waals surface area contributed by atoms with E-state index in [9.17, 15) is 4.79 Å². The lowest BCUT2D eigenvalue weighted by Crippen LogP contribution is -2.25. The second-order valence-electron chi connectivity index (χ2n) is 5.99. The van der Waals surface area contributed by atoms with Gasteiger partial charge in [0.25, 0.3) is 0 Å². The second-order valence-corrected chi connectivity index (χ2v) is 6.83. The minimum absolute atomic E-state index is 0.0237. The molecule has 0 bridgehead atoms. The number of ether oxygens (including phenoxy) is 1. The van der Waals surface area contributed by atoms with Crippen molar-refractivity contribution in [3.63, 3.8) is 0 Å². The highest BCUT2D eigenvalue weighted by Crippen LogP contribution is 2.27. The van der Waals surface area contributed by atoms with Crippen molar-refractivity contribution >= 4 is 40.0 Å². The van der Waals surface area contributed by atoms with Crippen molar-refractivity contribution in [1.29, 1.82) is 0 Å². The molecule has 0 saturated heterocycles. The third kappa shape index (κ3) is 4.93. The van der Waals surface area contributed by atoms with Crippen LogP contribution < -0.4 is 10.1 Å². The van der Waals surface area contributed by atoms with Gasteiger partial charge in [0, 0.05) is 35.1 Å². The van der Waals surface area contributed by atoms with Gasteiger partial charge >= 0.3 is 0 Å². The summed E-state index contributed by atoms with van der Waals surface area (Å²) in [4.78, 5) is 15.2. The van der Waals surface area contributed by atoms with Gasteiger partial charge in [-0.15, -0.1) is 0 Å². The van der Waals surface area contributed by atoms with E-state index in [0.717, 1.165) is 11.9 Å². The monoisotopic (exact) mass is 390 g/mol. The number of hydrogen-bond acceptors (Lipinski definition) is 2.